The fourth-order valence-corrected chi connectivity index (χ4v) is 3.29. The lowest BCUT2D eigenvalue weighted by Gasteiger charge is -2.37. The summed E-state index contributed by atoms with van der Waals surface area (Å²) >= 11 is 6.52. The predicted octanol–water partition coefficient (Wildman–Crippen LogP) is 1.91. The van der Waals surface area contributed by atoms with Crippen molar-refractivity contribution in [1.29, 1.82) is 0 Å². The van der Waals surface area contributed by atoms with Crippen LogP contribution in [0.2, 0.25) is 0 Å². The molecule has 1 N–H and O–H groups in total. The smallest absolute Gasteiger partial charge is 0.249 e. The third-order valence-corrected chi connectivity index (χ3v) is 4.48. The van der Waals surface area contributed by atoms with E-state index < -0.39 is 10.3 Å². The molecule has 0 aromatic heterocycles. The van der Waals surface area contributed by atoms with Crippen LogP contribution in [-0.4, -0.2) is 16.7 Å². The molecule has 1 aromatic carbocycles. The summed E-state index contributed by atoms with van der Waals surface area (Å²) < 4.78 is 0. The maximum absolute atomic E-state index is 12.3. The summed E-state index contributed by atoms with van der Waals surface area (Å²) in [6.45, 7) is 0. The summed E-state index contributed by atoms with van der Waals surface area (Å²) in [4.78, 5) is 23.1. The lowest BCUT2D eigenvalue weighted by Crippen LogP contribution is -2.50. The summed E-state index contributed by atoms with van der Waals surface area (Å²) in [5.41, 5.74) is -0.301. The van der Waals surface area contributed by atoms with Gasteiger partial charge in [0.2, 0.25) is 11.8 Å². The summed E-state index contributed by atoms with van der Waals surface area (Å²) in [6, 6.07) is 9.24. The minimum absolute atomic E-state index is 0.329. The molecule has 92 valence electrons. The second-order valence-corrected chi connectivity index (χ2v) is 5.34. The van der Waals surface area contributed by atoms with E-state index in [1.165, 1.54) is 0 Å². The lowest BCUT2D eigenvalue weighted by molar-refractivity contribution is -0.126. The number of hydrogen-bond donors (Lipinski definition) is 1. The second-order valence-electron chi connectivity index (χ2n) is 4.70. The first-order chi connectivity index (χ1) is 8.61. The van der Waals surface area contributed by atoms with Gasteiger partial charge in [-0.25, -0.2) is 0 Å². The molecule has 0 saturated carbocycles. The van der Waals surface area contributed by atoms with Crippen molar-refractivity contribution in [3.8, 4) is 0 Å². The van der Waals surface area contributed by atoms with E-state index in [4.69, 9.17) is 11.6 Å². The average molecular weight is 262 g/mol. The van der Waals surface area contributed by atoms with E-state index in [0.717, 1.165) is 5.56 Å². The van der Waals surface area contributed by atoms with Gasteiger partial charge in [-0.05, 0) is 18.4 Å². The third-order valence-electron chi connectivity index (χ3n) is 3.82. The molecule has 3 rings (SSSR count). The summed E-state index contributed by atoms with van der Waals surface area (Å²) in [6.07, 6.45) is 4.88. The molecule has 1 aromatic rings. The Balaban J connectivity index is 2.28. The Bertz CT molecular complexity index is 554. The van der Waals surface area contributed by atoms with E-state index in [0.29, 0.717) is 12.8 Å². The van der Waals surface area contributed by atoms with Crippen LogP contribution in [0.15, 0.2) is 42.5 Å². The van der Waals surface area contributed by atoms with Gasteiger partial charge >= 0.3 is 0 Å². The van der Waals surface area contributed by atoms with Crippen molar-refractivity contribution < 1.29 is 9.59 Å². The van der Waals surface area contributed by atoms with Crippen LogP contribution in [0.5, 0.6) is 0 Å². The molecule has 2 unspecified atom stereocenters. The molecule has 0 radical (unpaired) electrons. The molecule has 2 amide bonds. The Labute approximate surface area is 110 Å². The number of benzene rings is 1. The number of rotatable bonds is 1. The standard InChI is InChI=1S/C14H12ClNO2/c15-14-9-5-4-8-13(14,11(17)16-12(14)18)10-6-2-1-3-7-10/h1-4,6-8H,5,9H2,(H,16,17,18). The molecule has 1 saturated heterocycles. The van der Waals surface area contributed by atoms with Crippen LogP contribution in [0.25, 0.3) is 0 Å². The highest BCUT2D eigenvalue weighted by Crippen LogP contribution is 2.50. The molecule has 2 atom stereocenters. The number of imide groups is 1. The number of nitrogens with one attached hydrogen (secondary N) is 1. The number of halogens is 1. The molecule has 2 aliphatic rings. The number of alkyl halides is 1. The monoisotopic (exact) mass is 261 g/mol. The van der Waals surface area contributed by atoms with Crippen LogP contribution < -0.4 is 5.32 Å². The zero-order chi connectivity index (χ0) is 12.8. The molecule has 3 nitrogen and oxygen atoms in total. The first-order valence-electron chi connectivity index (χ1n) is 5.89. The Morgan fingerprint density at radius 3 is 2.56 bits per heavy atom. The molecule has 0 spiro atoms. The largest absolute Gasteiger partial charge is 0.294 e. The highest BCUT2D eigenvalue weighted by Gasteiger charge is 2.65. The molecule has 4 heteroatoms. The third kappa shape index (κ3) is 1.20. The number of allylic oxidation sites excluding steroid dienone is 1. The lowest BCUT2D eigenvalue weighted by atomic mass is 9.67. The Morgan fingerprint density at radius 2 is 1.83 bits per heavy atom. The molecule has 18 heavy (non-hydrogen) atoms. The fraction of sp³-hybridized carbons (Fsp3) is 0.286. The van der Waals surface area contributed by atoms with Gasteiger partial charge in [0.15, 0.2) is 0 Å². The van der Waals surface area contributed by atoms with Crippen LogP contribution in [0.1, 0.15) is 18.4 Å². The summed E-state index contributed by atoms with van der Waals surface area (Å²) in [5, 5.41) is 2.38. The van der Waals surface area contributed by atoms with Gasteiger partial charge in [-0.3, -0.25) is 14.9 Å². The molecule has 1 fully saturated rings. The van der Waals surface area contributed by atoms with Crippen molar-refractivity contribution >= 4 is 23.4 Å². The van der Waals surface area contributed by atoms with Crippen LogP contribution in [0, 0.1) is 0 Å². The number of carbonyl (C=O) groups is 2. The van der Waals surface area contributed by atoms with Gasteiger partial charge in [0.05, 0.1) is 0 Å². The number of hydrogen-bond acceptors (Lipinski definition) is 2. The highest BCUT2D eigenvalue weighted by atomic mass is 35.5. The van der Waals surface area contributed by atoms with Crippen LogP contribution in [0.4, 0.5) is 0 Å². The first kappa shape index (κ1) is 11.5. The van der Waals surface area contributed by atoms with E-state index in [2.05, 4.69) is 5.32 Å². The minimum atomic E-state index is -1.19. The SMILES string of the molecule is O=C1NC(=O)C2(c3ccccc3)C=CCCC12Cl. The van der Waals surface area contributed by atoms with Crippen molar-refractivity contribution in [2.24, 2.45) is 0 Å². The fourth-order valence-electron chi connectivity index (χ4n) is 2.88. The Morgan fingerprint density at radius 1 is 1.11 bits per heavy atom. The van der Waals surface area contributed by atoms with Crippen LogP contribution in [0.3, 0.4) is 0 Å². The van der Waals surface area contributed by atoms with Crippen LogP contribution >= 0.6 is 11.6 Å². The zero-order valence-corrected chi connectivity index (χ0v) is 10.4. The van der Waals surface area contributed by atoms with Crippen molar-refractivity contribution in [3.05, 3.63) is 48.0 Å². The molecule has 0 bridgehead atoms. The van der Waals surface area contributed by atoms with Crippen molar-refractivity contribution in [3.63, 3.8) is 0 Å². The van der Waals surface area contributed by atoms with Gasteiger partial charge in [-0.2, -0.15) is 0 Å². The molecule has 1 aliphatic carbocycles. The number of amides is 2. The topological polar surface area (TPSA) is 46.2 Å². The first-order valence-corrected chi connectivity index (χ1v) is 6.27. The average Bonchev–Trinajstić information content (AvgIpc) is 2.59. The van der Waals surface area contributed by atoms with Gasteiger partial charge < -0.3 is 0 Å². The van der Waals surface area contributed by atoms with E-state index in [1.54, 1.807) is 6.08 Å². The van der Waals surface area contributed by atoms with Gasteiger partial charge in [-0.1, -0.05) is 42.5 Å². The van der Waals surface area contributed by atoms with Crippen molar-refractivity contribution in [2.75, 3.05) is 0 Å². The zero-order valence-electron chi connectivity index (χ0n) is 9.65. The van der Waals surface area contributed by atoms with Gasteiger partial charge in [0, 0.05) is 0 Å². The second kappa shape index (κ2) is 3.69. The van der Waals surface area contributed by atoms with E-state index in [9.17, 15) is 9.59 Å². The van der Waals surface area contributed by atoms with Gasteiger partial charge in [0.1, 0.15) is 10.3 Å². The van der Waals surface area contributed by atoms with Gasteiger partial charge in [0.25, 0.3) is 0 Å². The normalized spacial score (nSPS) is 34.3. The Kier molecular flexibility index (Phi) is 2.35. The maximum Gasteiger partial charge on any atom is 0.249 e. The number of carbonyl (C=O) groups excluding carboxylic acids is 2. The summed E-state index contributed by atoms with van der Waals surface area (Å²) in [5.74, 6) is -0.716. The maximum atomic E-state index is 12.3. The molecular formula is C14H12ClNO2. The Hall–Kier alpha value is -1.61. The minimum Gasteiger partial charge on any atom is -0.294 e. The van der Waals surface area contributed by atoms with Crippen molar-refractivity contribution in [2.45, 2.75) is 23.1 Å². The highest BCUT2D eigenvalue weighted by molar-refractivity contribution is 6.42. The van der Waals surface area contributed by atoms with Crippen LogP contribution in [-0.2, 0) is 15.0 Å². The molecular weight excluding hydrogens is 250 g/mol. The number of fused-ring (bicyclic) bond motifs is 1. The van der Waals surface area contributed by atoms with E-state index >= 15 is 0 Å². The van der Waals surface area contributed by atoms with Crippen molar-refractivity contribution in [1.82, 2.24) is 5.32 Å². The van der Waals surface area contributed by atoms with E-state index in [1.807, 2.05) is 36.4 Å². The molecule has 1 heterocycles. The summed E-state index contributed by atoms with van der Waals surface area (Å²) in [7, 11) is 0. The van der Waals surface area contributed by atoms with E-state index in [-0.39, 0.29) is 11.8 Å². The quantitative estimate of drug-likeness (QED) is 0.477. The van der Waals surface area contributed by atoms with Gasteiger partial charge in [-0.15, -0.1) is 11.6 Å². The molecule has 1 aliphatic heterocycles. The predicted molar refractivity (Wildman–Crippen MR) is 68.2 cm³/mol.